The van der Waals surface area contributed by atoms with Gasteiger partial charge in [0.05, 0.1) is 12.6 Å². The van der Waals surface area contributed by atoms with E-state index in [4.69, 9.17) is 0 Å². The zero-order valence-corrected chi connectivity index (χ0v) is 11.6. The number of alkyl halides is 3. The van der Waals surface area contributed by atoms with Gasteiger partial charge in [-0.1, -0.05) is 6.42 Å². The molecule has 0 aromatic carbocycles. The van der Waals surface area contributed by atoms with Crippen molar-refractivity contribution in [3.05, 3.63) is 0 Å². The van der Waals surface area contributed by atoms with E-state index in [0.717, 1.165) is 25.8 Å². The zero-order valence-electron chi connectivity index (χ0n) is 10.8. The second-order valence-corrected chi connectivity index (χ2v) is 4.54. The van der Waals surface area contributed by atoms with Crippen molar-refractivity contribution in [2.75, 3.05) is 19.8 Å². The highest BCUT2D eigenvalue weighted by atomic mass is 35.5. The number of nitrogens with one attached hydrogen (secondary N) is 2. The van der Waals surface area contributed by atoms with E-state index in [1.165, 1.54) is 0 Å². The fourth-order valence-corrected chi connectivity index (χ4v) is 1.81. The second-order valence-electron chi connectivity index (χ2n) is 4.54. The summed E-state index contributed by atoms with van der Waals surface area (Å²) in [5.41, 5.74) is 0. The van der Waals surface area contributed by atoms with Crippen LogP contribution in [0, 0.1) is 0 Å². The number of carbonyl (C=O) groups is 1. The number of halogens is 4. The van der Waals surface area contributed by atoms with Crippen LogP contribution in [0.25, 0.3) is 0 Å². The summed E-state index contributed by atoms with van der Waals surface area (Å²) in [6, 6.07) is -0.660. The molecule has 1 fully saturated rings. The van der Waals surface area contributed by atoms with Gasteiger partial charge >= 0.3 is 6.18 Å². The second kappa shape index (κ2) is 8.60. The van der Waals surface area contributed by atoms with E-state index in [9.17, 15) is 18.0 Å². The molecule has 0 aromatic heterocycles. The van der Waals surface area contributed by atoms with Crippen molar-refractivity contribution in [1.82, 2.24) is 10.6 Å². The lowest BCUT2D eigenvalue weighted by molar-refractivity contribution is -0.175. The van der Waals surface area contributed by atoms with Crippen molar-refractivity contribution in [3.63, 3.8) is 0 Å². The van der Waals surface area contributed by atoms with E-state index in [2.05, 4.69) is 15.4 Å². The van der Waals surface area contributed by atoms with Gasteiger partial charge in [0.1, 0.15) is 6.61 Å². The van der Waals surface area contributed by atoms with Crippen LogP contribution in [0.3, 0.4) is 0 Å². The maximum absolute atomic E-state index is 11.8. The molecule has 0 aliphatic carbocycles. The molecule has 2 atom stereocenters. The Kier molecular flexibility index (Phi) is 8.36. The smallest absolute Gasteiger partial charge is 0.370 e. The first-order valence-electron chi connectivity index (χ1n) is 6.07. The highest BCUT2D eigenvalue weighted by Crippen LogP contribution is 2.14. The Balaban J connectivity index is 0.00000324. The molecule has 1 aliphatic heterocycles. The summed E-state index contributed by atoms with van der Waals surface area (Å²) in [5, 5.41) is 5.71. The van der Waals surface area contributed by atoms with E-state index in [-0.39, 0.29) is 31.0 Å². The molecule has 0 bridgehead atoms. The van der Waals surface area contributed by atoms with Gasteiger partial charge in [-0.15, -0.1) is 12.4 Å². The van der Waals surface area contributed by atoms with Crippen molar-refractivity contribution in [2.24, 2.45) is 0 Å². The molecule has 1 saturated heterocycles. The van der Waals surface area contributed by atoms with Crippen LogP contribution in [0.4, 0.5) is 13.2 Å². The molecule has 0 spiro atoms. The number of carbonyl (C=O) groups excluding carboxylic acids is 1. The van der Waals surface area contributed by atoms with Gasteiger partial charge < -0.3 is 15.4 Å². The van der Waals surface area contributed by atoms with Crippen molar-refractivity contribution in [1.29, 1.82) is 0 Å². The number of amides is 1. The molecular weight excluding hydrogens is 285 g/mol. The Hall–Kier alpha value is -0.530. The van der Waals surface area contributed by atoms with E-state index in [1.54, 1.807) is 6.92 Å². The third-order valence-electron chi connectivity index (χ3n) is 2.65. The summed E-state index contributed by atoms with van der Waals surface area (Å²) < 4.78 is 40.0. The maximum Gasteiger partial charge on any atom is 0.411 e. The Morgan fingerprint density at radius 1 is 1.47 bits per heavy atom. The van der Waals surface area contributed by atoms with Gasteiger partial charge in [-0.25, -0.2) is 0 Å². The molecule has 8 heteroatoms. The van der Waals surface area contributed by atoms with Crippen LogP contribution < -0.4 is 10.6 Å². The predicted octanol–water partition coefficient (Wildman–Crippen LogP) is 1.63. The van der Waals surface area contributed by atoms with E-state index >= 15 is 0 Å². The van der Waals surface area contributed by atoms with Crippen LogP contribution >= 0.6 is 12.4 Å². The molecule has 1 rings (SSSR count). The number of piperidine rings is 1. The lowest BCUT2D eigenvalue weighted by atomic mass is 10.0. The van der Waals surface area contributed by atoms with Crippen molar-refractivity contribution in [2.45, 2.75) is 44.4 Å². The quantitative estimate of drug-likeness (QED) is 0.812. The summed E-state index contributed by atoms with van der Waals surface area (Å²) >= 11 is 0. The molecule has 1 aliphatic rings. The minimum atomic E-state index is -4.32. The molecule has 2 N–H and O–H groups in total. The predicted molar refractivity (Wildman–Crippen MR) is 67.4 cm³/mol. The van der Waals surface area contributed by atoms with Gasteiger partial charge in [-0.3, -0.25) is 4.79 Å². The fraction of sp³-hybridized carbons (Fsp3) is 0.909. The first-order chi connectivity index (χ1) is 8.38. The highest BCUT2D eigenvalue weighted by molar-refractivity contribution is 5.85. The van der Waals surface area contributed by atoms with Crippen molar-refractivity contribution < 1.29 is 22.7 Å². The Bertz CT molecular complexity index is 271. The van der Waals surface area contributed by atoms with E-state index in [0.29, 0.717) is 0 Å². The molecule has 114 valence electrons. The van der Waals surface area contributed by atoms with Gasteiger partial charge in [0.15, 0.2) is 0 Å². The van der Waals surface area contributed by atoms with Gasteiger partial charge in [0.2, 0.25) is 5.91 Å². The molecule has 4 nitrogen and oxygen atoms in total. The summed E-state index contributed by atoms with van der Waals surface area (Å²) in [5.74, 6) is -0.169. The molecule has 1 amide bonds. The zero-order chi connectivity index (χ0) is 13.6. The van der Waals surface area contributed by atoms with Crippen LogP contribution in [0.5, 0.6) is 0 Å². The fourth-order valence-electron chi connectivity index (χ4n) is 1.81. The monoisotopic (exact) mass is 304 g/mol. The van der Waals surface area contributed by atoms with Gasteiger partial charge in [0.25, 0.3) is 0 Å². The van der Waals surface area contributed by atoms with Crippen molar-refractivity contribution in [3.8, 4) is 0 Å². The lowest BCUT2D eigenvalue weighted by Gasteiger charge is -2.24. The minimum absolute atomic E-state index is 0. The Morgan fingerprint density at radius 2 is 2.16 bits per heavy atom. The molecule has 0 radical (unpaired) electrons. The molecule has 19 heavy (non-hydrogen) atoms. The molecule has 1 unspecified atom stereocenters. The third kappa shape index (κ3) is 8.28. The summed E-state index contributed by atoms with van der Waals surface area (Å²) in [6.45, 7) is 1.00. The largest absolute Gasteiger partial charge is 0.411 e. The standard InChI is InChI=1S/C11H19F3N2O2.ClH/c1-8(6-18-7-11(12,13)14)16-10(17)9-4-2-3-5-15-9;/h8-9,15H,2-7H2,1H3,(H,16,17);1H/t8?,9-;/m0./s1. The number of hydrogen-bond donors (Lipinski definition) is 2. The Labute approximate surface area is 116 Å². The normalized spacial score (nSPS) is 21.4. The first kappa shape index (κ1) is 18.5. The number of rotatable bonds is 5. The maximum atomic E-state index is 11.8. The molecular formula is C11H20ClF3N2O2. The molecule has 0 aromatic rings. The molecule has 1 heterocycles. The molecule has 0 saturated carbocycles. The number of hydrogen-bond acceptors (Lipinski definition) is 3. The van der Waals surface area contributed by atoms with Crippen LogP contribution in [0.1, 0.15) is 26.2 Å². The van der Waals surface area contributed by atoms with E-state index < -0.39 is 18.8 Å². The third-order valence-corrected chi connectivity index (χ3v) is 2.65. The van der Waals surface area contributed by atoms with Gasteiger partial charge in [-0.2, -0.15) is 13.2 Å². The van der Waals surface area contributed by atoms with Crippen LogP contribution in [-0.4, -0.2) is 43.9 Å². The minimum Gasteiger partial charge on any atom is -0.370 e. The summed E-state index contributed by atoms with van der Waals surface area (Å²) in [7, 11) is 0. The summed E-state index contributed by atoms with van der Waals surface area (Å²) in [6.07, 6.45) is -1.52. The number of ether oxygens (including phenoxy) is 1. The SMILES string of the molecule is CC(COCC(F)(F)F)NC(=O)[C@@H]1CCCCN1.Cl. The topological polar surface area (TPSA) is 50.4 Å². The van der Waals surface area contributed by atoms with E-state index in [1.807, 2.05) is 0 Å². The highest BCUT2D eigenvalue weighted by Gasteiger charge is 2.28. The average Bonchev–Trinajstić information content (AvgIpc) is 2.28. The average molecular weight is 305 g/mol. The van der Waals surface area contributed by atoms with Crippen LogP contribution in [0.15, 0.2) is 0 Å². The van der Waals surface area contributed by atoms with Crippen molar-refractivity contribution >= 4 is 18.3 Å². The Morgan fingerprint density at radius 3 is 2.68 bits per heavy atom. The lowest BCUT2D eigenvalue weighted by Crippen LogP contribution is -2.50. The van der Waals surface area contributed by atoms with Crippen LogP contribution in [-0.2, 0) is 9.53 Å². The first-order valence-corrected chi connectivity index (χ1v) is 6.07. The summed E-state index contributed by atoms with van der Waals surface area (Å²) in [4.78, 5) is 11.7. The van der Waals surface area contributed by atoms with Gasteiger partial charge in [-0.05, 0) is 26.3 Å². The van der Waals surface area contributed by atoms with Crippen LogP contribution in [0.2, 0.25) is 0 Å². The van der Waals surface area contributed by atoms with Gasteiger partial charge in [0, 0.05) is 6.04 Å².